The van der Waals surface area contributed by atoms with Crippen LogP contribution >= 0.6 is 27.7 Å². The molecule has 1 aliphatic rings. The van der Waals surface area contributed by atoms with Crippen molar-refractivity contribution in [3.05, 3.63) is 22.2 Å². The Labute approximate surface area is 133 Å². The first-order chi connectivity index (χ1) is 9.31. The summed E-state index contributed by atoms with van der Waals surface area (Å²) in [7, 11) is 0. The van der Waals surface area contributed by atoms with Crippen molar-refractivity contribution < 1.29 is 4.79 Å². The van der Waals surface area contributed by atoms with Crippen molar-refractivity contribution in [3.8, 4) is 0 Å². The molecule has 2 rings (SSSR count). The first-order valence-electron chi connectivity index (χ1n) is 6.88. The van der Waals surface area contributed by atoms with E-state index in [1.807, 2.05) is 0 Å². The predicted octanol–water partition coefficient (Wildman–Crippen LogP) is 4.33. The summed E-state index contributed by atoms with van der Waals surface area (Å²) in [5.41, 5.74) is 1.96. The molecule has 1 amide bonds. The number of rotatable bonds is 4. The van der Waals surface area contributed by atoms with E-state index in [2.05, 4.69) is 66.4 Å². The van der Waals surface area contributed by atoms with E-state index < -0.39 is 0 Å². The number of hydrogen-bond donors (Lipinski definition) is 2. The Morgan fingerprint density at radius 3 is 2.70 bits per heavy atom. The van der Waals surface area contributed by atoms with E-state index in [1.165, 1.54) is 0 Å². The SMILES string of the molecule is CCCNC1C(=O)Nc2cc(SC(C)(C)C)c(Br)cc21. The van der Waals surface area contributed by atoms with E-state index in [-0.39, 0.29) is 16.7 Å². The van der Waals surface area contributed by atoms with Gasteiger partial charge in [0.1, 0.15) is 6.04 Å². The van der Waals surface area contributed by atoms with Crippen LogP contribution in [-0.2, 0) is 4.79 Å². The highest BCUT2D eigenvalue weighted by Crippen LogP contribution is 2.42. The number of thioether (sulfide) groups is 1. The molecular weight excluding hydrogens is 336 g/mol. The van der Waals surface area contributed by atoms with Gasteiger partial charge in [-0.3, -0.25) is 4.79 Å². The number of amides is 1. The second-order valence-electron chi connectivity index (χ2n) is 5.96. The van der Waals surface area contributed by atoms with Crippen molar-refractivity contribution in [1.82, 2.24) is 5.32 Å². The maximum Gasteiger partial charge on any atom is 0.246 e. The standard InChI is InChI=1S/C15H21BrN2OS/c1-5-6-17-13-9-7-10(16)12(20-15(2,3)4)8-11(9)18-14(13)19/h7-8,13,17H,5-6H2,1-4H3,(H,18,19). The maximum absolute atomic E-state index is 12.0. The average molecular weight is 357 g/mol. The third-order valence-corrected chi connectivity index (χ3v) is 5.04. The lowest BCUT2D eigenvalue weighted by atomic mass is 10.1. The quantitative estimate of drug-likeness (QED) is 0.788. The van der Waals surface area contributed by atoms with Gasteiger partial charge in [-0.25, -0.2) is 0 Å². The fourth-order valence-corrected chi connectivity index (χ4v) is 3.76. The smallest absolute Gasteiger partial charge is 0.246 e. The fraction of sp³-hybridized carbons (Fsp3) is 0.533. The number of anilines is 1. The minimum absolute atomic E-state index is 0.0401. The molecule has 0 saturated heterocycles. The van der Waals surface area contributed by atoms with Crippen molar-refractivity contribution in [2.75, 3.05) is 11.9 Å². The minimum Gasteiger partial charge on any atom is -0.324 e. The van der Waals surface area contributed by atoms with E-state index in [9.17, 15) is 4.79 Å². The van der Waals surface area contributed by atoms with Gasteiger partial charge < -0.3 is 10.6 Å². The minimum atomic E-state index is -0.227. The zero-order valence-electron chi connectivity index (χ0n) is 12.3. The summed E-state index contributed by atoms with van der Waals surface area (Å²) in [5, 5.41) is 6.27. The van der Waals surface area contributed by atoms with E-state index >= 15 is 0 Å². The monoisotopic (exact) mass is 356 g/mol. The Morgan fingerprint density at radius 2 is 2.10 bits per heavy atom. The molecular formula is C15H21BrN2OS. The molecule has 0 bridgehead atoms. The molecule has 110 valence electrons. The summed E-state index contributed by atoms with van der Waals surface area (Å²) in [6.07, 6.45) is 1.01. The van der Waals surface area contributed by atoms with Gasteiger partial charge in [0.2, 0.25) is 5.91 Å². The summed E-state index contributed by atoms with van der Waals surface area (Å²) in [6.45, 7) is 9.48. The Hall–Kier alpha value is -0.520. The van der Waals surface area contributed by atoms with Crippen molar-refractivity contribution in [2.45, 2.75) is 49.8 Å². The largest absolute Gasteiger partial charge is 0.324 e. The van der Waals surface area contributed by atoms with Crippen LogP contribution in [0, 0.1) is 0 Å². The second kappa shape index (κ2) is 6.08. The molecule has 1 aliphatic heterocycles. The molecule has 20 heavy (non-hydrogen) atoms. The van der Waals surface area contributed by atoms with Gasteiger partial charge in [-0.1, -0.05) is 27.7 Å². The second-order valence-corrected chi connectivity index (χ2v) is 8.68. The summed E-state index contributed by atoms with van der Waals surface area (Å²) >= 11 is 5.43. The van der Waals surface area contributed by atoms with Crippen LogP contribution in [0.1, 0.15) is 45.7 Å². The third-order valence-electron chi connectivity index (χ3n) is 2.95. The molecule has 0 fully saturated rings. The van der Waals surface area contributed by atoms with Crippen LogP contribution in [0.2, 0.25) is 0 Å². The molecule has 1 aromatic rings. The molecule has 5 heteroatoms. The third kappa shape index (κ3) is 3.57. The van der Waals surface area contributed by atoms with Crippen LogP contribution in [-0.4, -0.2) is 17.2 Å². The number of carbonyl (C=O) groups excluding carboxylic acids is 1. The van der Waals surface area contributed by atoms with Crippen LogP contribution in [0.3, 0.4) is 0 Å². The number of nitrogens with one attached hydrogen (secondary N) is 2. The van der Waals surface area contributed by atoms with Gasteiger partial charge >= 0.3 is 0 Å². The lowest BCUT2D eigenvalue weighted by Crippen LogP contribution is -2.28. The highest BCUT2D eigenvalue weighted by atomic mass is 79.9. The van der Waals surface area contributed by atoms with Crippen molar-refractivity contribution in [1.29, 1.82) is 0 Å². The first-order valence-corrected chi connectivity index (χ1v) is 8.49. The van der Waals surface area contributed by atoms with Crippen LogP contribution in [0.15, 0.2) is 21.5 Å². The van der Waals surface area contributed by atoms with Crippen molar-refractivity contribution in [2.24, 2.45) is 0 Å². The predicted molar refractivity (Wildman–Crippen MR) is 89.4 cm³/mol. The molecule has 1 heterocycles. The van der Waals surface area contributed by atoms with Gasteiger partial charge in [-0.15, -0.1) is 11.8 Å². The Balaban J connectivity index is 2.30. The van der Waals surface area contributed by atoms with E-state index in [4.69, 9.17) is 0 Å². The molecule has 2 N–H and O–H groups in total. The van der Waals surface area contributed by atoms with Crippen molar-refractivity contribution in [3.63, 3.8) is 0 Å². The Kier molecular flexibility index (Phi) is 4.82. The lowest BCUT2D eigenvalue weighted by Gasteiger charge is -2.19. The van der Waals surface area contributed by atoms with E-state index in [0.29, 0.717) is 0 Å². The van der Waals surface area contributed by atoms with Crippen LogP contribution in [0.4, 0.5) is 5.69 Å². The number of fused-ring (bicyclic) bond motifs is 1. The number of benzene rings is 1. The van der Waals surface area contributed by atoms with Crippen molar-refractivity contribution >= 4 is 39.3 Å². The Bertz CT molecular complexity index is 525. The molecule has 0 spiro atoms. The highest BCUT2D eigenvalue weighted by molar-refractivity contribution is 9.10. The van der Waals surface area contributed by atoms with Gasteiger partial charge in [0.25, 0.3) is 0 Å². The highest BCUT2D eigenvalue weighted by Gasteiger charge is 2.31. The van der Waals surface area contributed by atoms with Gasteiger partial charge in [-0.2, -0.15) is 0 Å². The summed E-state index contributed by atoms with van der Waals surface area (Å²) < 4.78 is 1.19. The topological polar surface area (TPSA) is 41.1 Å². The first kappa shape index (κ1) is 15.9. The maximum atomic E-state index is 12.0. The van der Waals surface area contributed by atoms with Crippen LogP contribution in [0.5, 0.6) is 0 Å². The molecule has 1 atom stereocenters. The summed E-state index contributed by atoms with van der Waals surface area (Å²) in [4.78, 5) is 13.2. The average Bonchev–Trinajstić information content (AvgIpc) is 2.61. The molecule has 0 radical (unpaired) electrons. The molecule has 1 aromatic carbocycles. The van der Waals surface area contributed by atoms with Gasteiger partial charge in [0, 0.05) is 25.4 Å². The molecule has 0 saturated carbocycles. The van der Waals surface area contributed by atoms with E-state index in [1.54, 1.807) is 11.8 Å². The number of carbonyl (C=O) groups is 1. The summed E-state index contributed by atoms with van der Waals surface area (Å²) in [5.74, 6) is 0.0401. The zero-order chi connectivity index (χ0) is 14.9. The molecule has 0 aromatic heterocycles. The van der Waals surface area contributed by atoms with Gasteiger partial charge in [-0.05, 0) is 41.0 Å². The number of halogens is 1. The van der Waals surface area contributed by atoms with E-state index in [0.717, 1.165) is 33.6 Å². The molecule has 1 unspecified atom stereocenters. The zero-order valence-corrected chi connectivity index (χ0v) is 14.7. The fourth-order valence-electron chi connectivity index (χ4n) is 2.16. The Morgan fingerprint density at radius 1 is 1.40 bits per heavy atom. The summed E-state index contributed by atoms with van der Waals surface area (Å²) in [6, 6.07) is 3.91. The normalized spacial score (nSPS) is 18.1. The molecule has 3 nitrogen and oxygen atoms in total. The lowest BCUT2D eigenvalue weighted by molar-refractivity contribution is -0.117. The molecule has 0 aliphatic carbocycles. The number of hydrogen-bond acceptors (Lipinski definition) is 3. The van der Waals surface area contributed by atoms with Crippen LogP contribution in [0.25, 0.3) is 0 Å². The van der Waals surface area contributed by atoms with Crippen LogP contribution < -0.4 is 10.6 Å². The van der Waals surface area contributed by atoms with Gasteiger partial charge in [0.15, 0.2) is 0 Å². The van der Waals surface area contributed by atoms with Gasteiger partial charge in [0.05, 0.1) is 0 Å².